The molecule has 1 amide bonds. The van der Waals surface area contributed by atoms with Crippen molar-refractivity contribution in [3.05, 3.63) is 58.6 Å². The van der Waals surface area contributed by atoms with Crippen LogP contribution in [-0.2, 0) is 4.79 Å². The molecule has 2 rings (SSSR count). The van der Waals surface area contributed by atoms with Crippen LogP contribution in [0.3, 0.4) is 0 Å². The predicted molar refractivity (Wildman–Crippen MR) is 96.5 cm³/mol. The van der Waals surface area contributed by atoms with Crippen molar-refractivity contribution >= 4 is 33.2 Å². The van der Waals surface area contributed by atoms with E-state index in [0.717, 1.165) is 21.4 Å². The van der Waals surface area contributed by atoms with Crippen molar-refractivity contribution in [3.63, 3.8) is 0 Å². The maximum atomic E-state index is 12.4. The Hall–Kier alpha value is -1.81. The fraction of sp³-hybridized carbons (Fsp3) is 0.278. The summed E-state index contributed by atoms with van der Waals surface area (Å²) in [7, 11) is 0. The van der Waals surface area contributed by atoms with Gasteiger partial charge in [-0.15, -0.1) is 0 Å². The van der Waals surface area contributed by atoms with E-state index >= 15 is 0 Å². The average Bonchev–Trinajstić information content (AvgIpc) is 2.50. The van der Waals surface area contributed by atoms with Crippen molar-refractivity contribution < 1.29 is 4.79 Å². The van der Waals surface area contributed by atoms with Gasteiger partial charge in [0.15, 0.2) is 0 Å². The predicted octanol–water partition coefficient (Wildman–Crippen LogP) is 4.61. The van der Waals surface area contributed by atoms with Crippen molar-refractivity contribution in [2.45, 2.75) is 20.3 Å². The van der Waals surface area contributed by atoms with Gasteiger partial charge in [0.2, 0.25) is 5.91 Å². The molecule has 0 unspecified atom stereocenters. The summed E-state index contributed by atoms with van der Waals surface area (Å²) in [5.41, 5.74) is 3.14. The minimum Gasteiger partial charge on any atom is -0.384 e. The van der Waals surface area contributed by atoms with Crippen LogP contribution in [0.5, 0.6) is 0 Å². The lowest BCUT2D eigenvalue weighted by atomic mass is 10.2. The fourth-order valence-corrected chi connectivity index (χ4v) is 2.77. The quantitative estimate of drug-likeness (QED) is 0.815. The molecule has 0 aliphatic heterocycles. The minimum atomic E-state index is 0.132. The van der Waals surface area contributed by atoms with Crippen LogP contribution in [-0.4, -0.2) is 19.0 Å². The van der Waals surface area contributed by atoms with E-state index < -0.39 is 0 Å². The Labute approximate surface area is 140 Å². The molecule has 116 valence electrons. The van der Waals surface area contributed by atoms with Gasteiger partial charge in [0.1, 0.15) is 0 Å². The Kier molecular flexibility index (Phi) is 6.01. The molecule has 0 atom stereocenters. The number of hydrogen-bond acceptors (Lipinski definition) is 2. The zero-order chi connectivity index (χ0) is 15.9. The topological polar surface area (TPSA) is 32.3 Å². The summed E-state index contributed by atoms with van der Waals surface area (Å²) in [6.45, 7) is 5.33. The number of para-hydroxylation sites is 1. The molecule has 0 aliphatic rings. The van der Waals surface area contributed by atoms with Crippen LogP contribution in [0.1, 0.15) is 18.9 Å². The standard InChI is InChI=1S/C18H21BrN2O/c1-3-21(15-8-6-7-14(2)13-15)18(22)11-12-20-17-10-5-4-9-16(17)19/h4-10,13,20H,3,11-12H2,1-2H3. The monoisotopic (exact) mass is 360 g/mol. The van der Waals surface area contributed by atoms with E-state index in [9.17, 15) is 4.79 Å². The molecule has 0 aromatic heterocycles. The normalized spacial score (nSPS) is 10.3. The van der Waals surface area contributed by atoms with Gasteiger partial charge in [-0.2, -0.15) is 0 Å². The van der Waals surface area contributed by atoms with Crippen LogP contribution >= 0.6 is 15.9 Å². The molecule has 2 aromatic carbocycles. The maximum Gasteiger partial charge on any atom is 0.228 e. The van der Waals surface area contributed by atoms with Gasteiger partial charge in [-0.05, 0) is 59.6 Å². The molecule has 0 fully saturated rings. The first-order chi connectivity index (χ1) is 10.6. The van der Waals surface area contributed by atoms with Crippen molar-refractivity contribution in [2.75, 3.05) is 23.3 Å². The van der Waals surface area contributed by atoms with Crippen LogP contribution in [0.4, 0.5) is 11.4 Å². The van der Waals surface area contributed by atoms with Crippen LogP contribution in [0, 0.1) is 6.92 Å². The zero-order valence-corrected chi connectivity index (χ0v) is 14.6. The third-order valence-corrected chi connectivity index (χ3v) is 4.15. The van der Waals surface area contributed by atoms with E-state index in [4.69, 9.17) is 0 Å². The first kappa shape index (κ1) is 16.6. The van der Waals surface area contributed by atoms with Crippen molar-refractivity contribution in [1.29, 1.82) is 0 Å². The number of nitrogens with one attached hydrogen (secondary N) is 1. The number of rotatable bonds is 6. The summed E-state index contributed by atoms with van der Waals surface area (Å²) in [4.78, 5) is 14.3. The summed E-state index contributed by atoms with van der Waals surface area (Å²) in [6, 6.07) is 16.0. The third kappa shape index (κ3) is 4.34. The highest BCUT2D eigenvalue weighted by Crippen LogP contribution is 2.21. The van der Waals surface area contributed by atoms with Gasteiger partial charge in [0, 0.05) is 35.4 Å². The Morgan fingerprint density at radius 3 is 2.64 bits per heavy atom. The van der Waals surface area contributed by atoms with Crippen molar-refractivity contribution in [1.82, 2.24) is 0 Å². The van der Waals surface area contributed by atoms with Crippen LogP contribution < -0.4 is 10.2 Å². The number of nitrogens with zero attached hydrogens (tertiary/aromatic N) is 1. The van der Waals surface area contributed by atoms with Gasteiger partial charge in [0.05, 0.1) is 0 Å². The van der Waals surface area contributed by atoms with Gasteiger partial charge in [-0.25, -0.2) is 0 Å². The van der Waals surface area contributed by atoms with E-state index in [1.165, 1.54) is 0 Å². The van der Waals surface area contributed by atoms with Crippen LogP contribution in [0.25, 0.3) is 0 Å². The molecule has 0 aliphatic carbocycles. The highest BCUT2D eigenvalue weighted by Gasteiger charge is 2.13. The smallest absolute Gasteiger partial charge is 0.228 e. The number of carbonyl (C=O) groups excluding carboxylic acids is 1. The first-order valence-electron chi connectivity index (χ1n) is 7.47. The second-order valence-corrected chi connectivity index (χ2v) is 5.99. The second kappa shape index (κ2) is 7.99. The lowest BCUT2D eigenvalue weighted by Crippen LogP contribution is -2.31. The molecule has 0 bridgehead atoms. The molecule has 2 aromatic rings. The summed E-state index contributed by atoms with van der Waals surface area (Å²) in [6.07, 6.45) is 0.461. The molecule has 1 N–H and O–H groups in total. The third-order valence-electron chi connectivity index (χ3n) is 3.46. The Morgan fingerprint density at radius 1 is 1.18 bits per heavy atom. The maximum absolute atomic E-state index is 12.4. The number of hydrogen-bond donors (Lipinski definition) is 1. The Morgan fingerprint density at radius 2 is 1.95 bits per heavy atom. The summed E-state index contributed by atoms with van der Waals surface area (Å²) in [5.74, 6) is 0.132. The highest BCUT2D eigenvalue weighted by atomic mass is 79.9. The van der Waals surface area contributed by atoms with E-state index in [0.29, 0.717) is 19.5 Å². The van der Waals surface area contributed by atoms with E-state index in [1.54, 1.807) is 0 Å². The highest BCUT2D eigenvalue weighted by molar-refractivity contribution is 9.10. The molecule has 4 heteroatoms. The SMILES string of the molecule is CCN(C(=O)CCNc1ccccc1Br)c1cccc(C)c1. The molecular weight excluding hydrogens is 340 g/mol. The average molecular weight is 361 g/mol. The lowest BCUT2D eigenvalue weighted by Gasteiger charge is -2.21. The van der Waals surface area contributed by atoms with E-state index in [-0.39, 0.29) is 5.91 Å². The Balaban J connectivity index is 1.94. The molecular formula is C18H21BrN2O. The summed E-state index contributed by atoms with van der Waals surface area (Å²) < 4.78 is 1.01. The van der Waals surface area contributed by atoms with E-state index in [1.807, 2.05) is 67.3 Å². The molecule has 0 saturated carbocycles. The second-order valence-electron chi connectivity index (χ2n) is 5.13. The molecule has 0 heterocycles. The summed E-state index contributed by atoms with van der Waals surface area (Å²) in [5, 5.41) is 3.29. The van der Waals surface area contributed by atoms with Gasteiger partial charge >= 0.3 is 0 Å². The van der Waals surface area contributed by atoms with Gasteiger partial charge in [-0.3, -0.25) is 4.79 Å². The fourth-order valence-electron chi connectivity index (χ4n) is 2.34. The molecule has 3 nitrogen and oxygen atoms in total. The van der Waals surface area contributed by atoms with Crippen LogP contribution in [0.2, 0.25) is 0 Å². The zero-order valence-electron chi connectivity index (χ0n) is 13.0. The largest absolute Gasteiger partial charge is 0.384 e. The van der Waals surface area contributed by atoms with Crippen molar-refractivity contribution in [2.24, 2.45) is 0 Å². The van der Waals surface area contributed by atoms with Crippen molar-refractivity contribution in [3.8, 4) is 0 Å². The number of carbonyl (C=O) groups is 1. The minimum absolute atomic E-state index is 0.132. The van der Waals surface area contributed by atoms with Gasteiger partial charge < -0.3 is 10.2 Å². The Bertz CT molecular complexity index is 642. The van der Waals surface area contributed by atoms with E-state index in [2.05, 4.69) is 21.2 Å². The number of halogens is 1. The molecule has 0 spiro atoms. The number of anilines is 2. The molecule has 0 radical (unpaired) electrons. The lowest BCUT2D eigenvalue weighted by molar-refractivity contribution is -0.118. The number of aryl methyl sites for hydroxylation is 1. The van der Waals surface area contributed by atoms with Gasteiger partial charge in [-0.1, -0.05) is 24.3 Å². The number of amides is 1. The number of benzene rings is 2. The summed E-state index contributed by atoms with van der Waals surface area (Å²) >= 11 is 3.49. The molecule has 22 heavy (non-hydrogen) atoms. The molecule has 0 saturated heterocycles. The van der Waals surface area contributed by atoms with Gasteiger partial charge in [0.25, 0.3) is 0 Å². The first-order valence-corrected chi connectivity index (χ1v) is 8.26. The van der Waals surface area contributed by atoms with Crippen LogP contribution in [0.15, 0.2) is 53.0 Å².